The molecule has 0 spiro atoms. The summed E-state index contributed by atoms with van der Waals surface area (Å²) in [5.74, 6) is 0.126. The quantitative estimate of drug-likeness (QED) is 0.715. The number of amides is 1. The third-order valence-corrected chi connectivity index (χ3v) is 5.49. The van der Waals surface area contributed by atoms with Gasteiger partial charge in [0.05, 0.1) is 14.5 Å². The molecule has 1 atom stereocenters. The molecule has 0 radical (unpaired) electrons. The van der Waals surface area contributed by atoms with Crippen molar-refractivity contribution in [2.75, 3.05) is 7.05 Å². The summed E-state index contributed by atoms with van der Waals surface area (Å²) in [5.41, 5.74) is 3.50. The van der Waals surface area contributed by atoms with Crippen molar-refractivity contribution in [1.82, 2.24) is 4.90 Å². The number of fused-ring (bicyclic) bond motifs is 1. The van der Waals surface area contributed by atoms with E-state index in [-0.39, 0.29) is 11.9 Å². The molecule has 0 bridgehead atoms. The van der Waals surface area contributed by atoms with Gasteiger partial charge in [-0.05, 0) is 52.6 Å². The number of nitrogens with zero attached hydrogens (tertiary/aromatic N) is 1. The van der Waals surface area contributed by atoms with E-state index < -0.39 is 0 Å². The third-order valence-electron chi connectivity index (χ3n) is 3.70. The minimum atomic E-state index is 0.126. The lowest BCUT2D eigenvalue weighted by atomic mass is 10.1. The van der Waals surface area contributed by atoms with E-state index in [0.29, 0.717) is 0 Å². The van der Waals surface area contributed by atoms with Crippen LogP contribution in [0.25, 0.3) is 0 Å². The number of rotatable bonds is 2. The molecule has 1 unspecified atom stereocenters. The Bertz CT molecular complexity index is 622. The second kappa shape index (κ2) is 5.25. The monoisotopic (exact) mass is 383 g/mol. The first kappa shape index (κ1) is 13.1. The van der Waals surface area contributed by atoms with Gasteiger partial charge in [-0.2, -0.15) is 0 Å². The van der Waals surface area contributed by atoms with Crippen LogP contribution in [0.4, 0.5) is 0 Å². The molecule has 1 aliphatic carbocycles. The molecule has 3 rings (SSSR count). The molecule has 0 saturated carbocycles. The van der Waals surface area contributed by atoms with Gasteiger partial charge in [0.2, 0.25) is 0 Å². The van der Waals surface area contributed by atoms with Crippen LogP contribution in [0.2, 0.25) is 0 Å². The van der Waals surface area contributed by atoms with Crippen molar-refractivity contribution in [2.45, 2.75) is 18.9 Å². The Balaban J connectivity index is 1.86. The van der Waals surface area contributed by atoms with E-state index >= 15 is 0 Å². The number of halogens is 1. The molecule has 19 heavy (non-hydrogen) atoms. The van der Waals surface area contributed by atoms with Crippen LogP contribution in [0, 0.1) is 2.88 Å². The van der Waals surface area contributed by atoms with Crippen molar-refractivity contribution in [3.05, 3.63) is 55.3 Å². The van der Waals surface area contributed by atoms with Crippen LogP contribution >= 0.6 is 33.9 Å². The van der Waals surface area contributed by atoms with Gasteiger partial charge in [0.15, 0.2) is 0 Å². The van der Waals surface area contributed by atoms with E-state index in [4.69, 9.17) is 0 Å². The fraction of sp³-hybridized carbons (Fsp3) is 0.267. The van der Waals surface area contributed by atoms with Crippen LogP contribution in [0.15, 0.2) is 35.7 Å². The molecule has 0 aliphatic heterocycles. The maximum Gasteiger partial charge on any atom is 0.254 e. The first-order valence-electron chi connectivity index (χ1n) is 6.26. The summed E-state index contributed by atoms with van der Waals surface area (Å²) in [6.45, 7) is 0. The average Bonchev–Trinajstić information content (AvgIpc) is 3.03. The van der Waals surface area contributed by atoms with Crippen molar-refractivity contribution < 1.29 is 4.79 Å². The molecule has 2 nitrogen and oxygen atoms in total. The highest BCUT2D eigenvalue weighted by Crippen LogP contribution is 2.35. The van der Waals surface area contributed by atoms with Gasteiger partial charge >= 0.3 is 0 Å². The summed E-state index contributed by atoms with van der Waals surface area (Å²) >= 11 is 3.87. The van der Waals surface area contributed by atoms with Gasteiger partial charge in [-0.3, -0.25) is 4.79 Å². The molecular formula is C15H14INOS. The zero-order valence-corrected chi connectivity index (χ0v) is 13.6. The molecule has 0 N–H and O–H groups in total. The Labute approximate surface area is 130 Å². The van der Waals surface area contributed by atoms with E-state index in [0.717, 1.165) is 21.3 Å². The standard InChI is InChI=1S/C15H14INOS/c1-17(15(18)11-8-14(16)19-9-11)13-7-6-10-4-2-3-5-12(10)13/h2-5,8-9,13H,6-7H2,1H3. The highest BCUT2D eigenvalue weighted by molar-refractivity contribution is 14.1. The van der Waals surface area contributed by atoms with E-state index in [2.05, 4.69) is 46.9 Å². The van der Waals surface area contributed by atoms with Crippen LogP contribution in [-0.4, -0.2) is 17.9 Å². The predicted molar refractivity (Wildman–Crippen MR) is 86.6 cm³/mol. The predicted octanol–water partition coefficient (Wildman–Crippen LogP) is 4.11. The van der Waals surface area contributed by atoms with Crippen molar-refractivity contribution in [3.63, 3.8) is 0 Å². The SMILES string of the molecule is CN(C(=O)c1csc(I)c1)C1CCc2ccccc21. The summed E-state index contributed by atoms with van der Waals surface area (Å²) in [7, 11) is 1.92. The zero-order chi connectivity index (χ0) is 13.4. The van der Waals surface area contributed by atoms with Crippen molar-refractivity contribution >= 4 is 39.8 Å². The van der Waals surface area contributed by atoms with Gasteiger partial charge in [-0.25, -0.2) is 0 Å². The maximum atomic E-state index is 12.5. The van der Waals surface area contributed by atoms with Gasteiger partial charge in [0.25, 0.3) is 5.91 Å². The summed E-state index contributed by atoms with van der Waals surface area (Å²) in [5, 5.41) is 1.95. The Morgan fingerprint density at radius 1 is 1.42 bits per heavy atom. The Hall–Kier alpha value is -0.880. The van der Waals surface area contributed by atoms with E-state index in [1.54, 1.807) is 11.3 Å². The lowest BCUT2D eigenvalue weighted by Crippen LogP contribution is -2.29. The fourth-order valence-corrected chi connectivity index (χ4v) is 4.02. The lowest BCUT2D eigenvalue weighted by molar-refractivity contribution is 0.0731. The van der Waals surface area contributed by atoms with Gasteiger partial charge in [0.1, 0.15) is 0 Å². The first-order chi connectivity index (χ1) is 9.16. The molecule has 1 heterocycles. The Morgan fingerprint density at radius 2 is 2.21 bits per heavy atom. The summed E-state index contributed by atoms with van der Waals surface area (Å²) in [6.07, 6.45) is 2.10. The summed E-state index contributed by atoms with van der Waals surface area (Å²) in [6, 6.07) is 10.6. The number of thiophene rings is 1. The molecular weight excluding hydrogens is 369 g/mol. The molecule has 0 saturated heterocycles. The van der Waals surface area contributed by atoms with Crippen LogP contribution in [-0.2, 0) is 6.42 Å². The topological polar surface area (TPSA) is 20.3 Å². The largest absolute Gasteiger partial charge is 0.335 e. The van der Waals surface area contributed by atoms with Crippen molar-refractivity contribution in [3.8, 4) is 0 Å². The second-order valence-corrected chi connectivity index (χ2v) is 7.61. The number of aryl methyl sites for hydroxylation is 1. The fourth-order valence-electron chi connectivity index (χ4n) is 2.70. The molecule has 4 heteroatoms. The molecule has 1 aromatic carbocycles. The molecule has 98 valence electrons. The Morgan fingerprint density at radius 3 is 2.95 bits per heavy atom. The number of carbonyl (C=O) groups excluding carboxylic acids is 1. The van der Waals surface area contributed by atoms with Gasteiger partial charge < -0.3 is 4.90 Å². The maximum absolute atomic E-state index is 12.5. The Kier molecular flexibility index (Phi) is 3.62. The highest BCUT2D eigenvalue weighted by Gasteiger charge is 2.28. The van der Waals surface area contributed by atoms with Crippen LogP contribution < -0.4 is 0 Å². The third kappa shape index (κ3) is 2.43. The zero-order valence-electron chi connectivity index (χ0n) is 10.6. The van der Waals surface area contributed by atoms with E-state index in [1.807, 2.05) is 23.4 Å². The number of hydrogen-bond acceptors (Lipinski definition) is 2. The molecule has 2 aromatic rings. The second-order valence-electron chi connectivity index (χ2n) is 4.81. The summed E-state index contributed by atoms with van der Waals surface area (Å²) in [4.78, 5) is 14.4. The first-order valence-corrected chi connectivity index (χ1v) is 8.21. The highest BCUT2D eigenvalue weighted by atomic mass is 127. The van der Waals surface area contributed by atoms with Crippen molar-refractivity contribution in [2.24, 2.45) is 0 Å². The van der Waals surface area contributed by atoms with Crippen molar-refractivity contribution in [1.29, 1.82) is 0 Å². The van der Waals surface area contributed by atoms with Gasteiger partial charge in [0, 0.05) is 12.4 Å². The lowest BCUT2D eigenvalue weighted by Gasteiger charge is -2.25. The van der Waals surface area contributed by atoms with Gasteiger partial charge in [-0.1, -0.05) is 24.3 Å². The number of benzene rings is 1. The van der Waals surface area contributed by atoms with Crippen LogP contribution in [0.1, 0.15) is 33.9 Å². The van der Waals surface area contributed by atoms with E-state index in [9.17, 15) is 4.79 Å². The molecule has 1 aliphatic rings. The number of hydrogen-bond donors (Lipinski definition) is 0. The minimum Gasteiger partial charge on any atom is -0.335 e. The minimum absolute atomic E-state index is 0.126. The summed E-state index contributed by atoms with van der Waals surface area (Å²) < 4.78 is 1.15. The normalized spacial score (nSPS) is 17.3. The van der Waals surface area contributed by atoms with Gasteiger partial charge in [-0.15, -0.1) is 11.3 Å². The average molecular weight is 383 g/mol. The molecule has 1 amide bonds. The number of carbonyl (C=O) groups is 1. The molecule has 1 aromatic heterocycles. The van der Waals surface area contributed by atoms with E-state index in [1.165, 1.54) is 11.1 Å². The van der Waals surface area contributed by atoms with Crippen LogP contribution in [0.3, 0.4) is 0 Å². The molecule has 0 fully saturated rings. The smallest absolute Gasteiger partial charge is 0.254 e. The van der Waals surface area contributed by atoms with Crippen LogP contribution in [0.5, 0.6) is 0 Å².